The Morgan fingerprint density at radius 1 is 1.33 bits per heavy atom. The van der Waals surface area contributed by atoms with E-state index in [0.717, 1.165) is 10.8 Å². The van der Waals surface area contributed by atoms with Gasteiger partial charge in [-0.15, -0.1) is 0 Å². The highest BCUT2D eigenvalue weighted by Crippen LogP contribution is 2.14. The van der Waals surface area contributed by atoms with Gasteiger partial charge in [0.2, 0.25) is 0 Å². The molecule has 2 rings (SSSR count). The Morgan fingerprint density at radius 3 is 2.80 bits per heavy atom. The Labute approximate surface area is 91.9 Å². The van der Waals surface area contributed by atoms with Crippen LogP contribution in [-0.4, -0.2) is 10.7 Å². The number of nitrogens with zero attached hydrogens (tertiary/aromatic N) is 1. The quantitative estimate of drug-likeness (QED) is 0.690. The molecule has 0 fully saturated rings. The summed E-state index contributed by atoms with van der Waals surface area (Å²) in [5.74, 6) is -0.388. The van der Waals surface area contributed by atoms with Crippen LogP contribution in [0, 0.1) is 4.64 Å². The number of carbonyl (C=O) groups excluding carboxylic acids is 1. The number of fused-ring (bicyclic) bond motifs is 1. The summed E-state index contributed by atoms with van der Waals surface area (Å²) < 4.78 is 1.81. The van der Waals surface area contributed by atoms with Gasteiger partial charge in [-0.05, 0) is 11.5 Å². The maximum atomic E-state index is 10.8. The minimum atomic E-state index is -0.388. The number of carbonyl (C=O) groups is 1. The van der Waals surface area contributed by atoms with Crippen LogP contribution in [0.5, 0.6) is 0 Å². The second-order valence-corrected chi connectivity index (χ2v) is 3.50. The molecule has 76 valence electrons. The number of hydrogen-bond donors (Lipinski definition) is 0. The molecule has 0 unspecified atom stereocenters. The van der Waals surface area contributed by atoms with Crippen LogP contribution < -0.4 is 4.84 Å². The van der Waals surface area contributed by atoms with Crippen molar-refractivity contribution in [2.24, 2.45) is 0 Å². The average Bonchev–Trinajstić information content (AvgIpc) is 2.22. The normalized spacial score (nSPS) is 10.2. The van der Waals surface area contributed by atoms with E-state index in [1.54, 1.807) is 6.20 Å². The van der Waals surface area contributed by atoms with E-state index in [4.69, 9.17) is 17.1 Å². The van der Waals surface area contributed by atoms with Crippen molar-refractivity contribution in [2.75, 3.05) is 0 Å². The molecule has 1 heterocycles. The lowest BCUT2D eigenvalue weighted by Crippen LogP contribution is -2.17. The molecule has 0 spiro atoms. The van der Waals surface area contributed by atoms with Gasteiger partial charge in [-0.1, -0.05) is 36.5 Å². The summed E-state index contributed by atoms with van der Waals surface area (Å²) in [5.41, 5.74) is 0. The Bertz CT molecular complexity index is 574. The minimum absolute atomic E-state index is 0.388. The van der Waals surface area contributed by atoms with Crippen molar-refractivity contribution >= 4 is 29.0 Å². The first-order chi connectivity index (χ1) is 7.18. The maximum Gasteiger partial charge on any atom is 0.329 e. The summed E-state index contributed by atoms with van der Waals surface area (Å²) in [6.45, 7) is 1.34. The van der Waals surface area contributed by atoms with Gasteiger partial charge in [0, 0.05) is 18.5 Å². The van der Waals surface area contributed by atoms with E-state index >= 15 is 0 Å². The Morgan fingerprint density at radius 2 is 2.07 bits per heavy atom. The number of pyridine rings is 1. The first-order valence-electron chi connectivity index (χ1n) is 4.48. The van der Waals surface area contributed by atoms with E-state index in [1.165, 1.54) is 11.7 Å². The second kappa shape index (κ2) is 3.82. The van der Waals surface area contributed by atoms with Gasteiger partial charge in [0.25, 0.3) is 0 Å². The molecule has 0 amide bonds. The van der Waals surface area contributed by atoms with Gasteiger partial charge in [-0.3, -0.25) is 0 Å². The summed E-state index contributed by atoms with van der Waals surface area (Å²) in [6.07, 6.45) is 1.64. The fourth-order valence-electron chi connectivity index (χ4n) is 1.38. The number of benzene rings is 1. The van der Waals surface area contributed by atoms with Gasteiger partial charge in [-0.2, -0.15) is 4.73 Å². The lowest BCUT2D eigenvalue weighted by Gasteiger charge is -2.06. The van der Waals surface area contributed by atoms with Gasteiger partial charge in [0.05, 0.1) is 0 Å². The lowest BCUT2D eigenvalue weighted by molar-refractivity contribution is -0.141. The molecule has 0 saturated carbocycles. The van der Waals surface area contributed by atoms with E-state index in [9.17, 15) is 4.79 Å². The summed E-state index contributed by atoms with van der Waals surface area (Å²) in [5, 5.41) is 1.93. The van der Waals surface area contributed by atoms with Crippen LogP contribution in [0.1, 0.15) is 6.92 Å². The monoisotopic (exact) mass is 219 g/mol. The molecule has 0 atom stereocenters. The lowest BCUT2D eigenvalue weighted by atomic mass is 10.2. The molecule has 15 heavy (non-hydrogen) atoms. The van der Waals surface area contributed by atoms with Gasteiger partial charge < -0.3 is 4.84 Å². The number of aromatic nitrogens is 1. The molecular formula is C11H9NO2S. The molecule has 4 heteroatoms. The van der Waals surface area contributed by atoms with Gasteiger partial charge in [-0.25, -0.2) is 4.79 Å². The van der Waals surface area contributed by atoms with Gasteiger partial charge in [0.1, 0.15) is 0 Å². The first kappa shape index (κ1) is 9.86. The third kappa shape index (κ3) is 1.89. The highest BCUT2D eigenvalue weighted by atomic mass is 32.1. The standard InChI is InChI=1S/C11H9NO2S/c1-8(13)14-12-7-6-9-4-2-3-5-10(9)11(12)15/h2-7H,1H3. The Kier molecular flexibility index (Phi) is 2.51. The van der Waals surface area contributed by atoms with Crippen molar-refractivity contribution in [3.8, 4) is 0 Å². The van der Waals surface area contributed by atoms with Crippen LogP contribution >= 0.6 is 12.2 Å². The van der Waals surface area contributed by atoms with Crippen LogP contribution in [0.3, 0.4) is 0 Å². The zero-order valence-corrected chi connectivity index (χ0v) is 8.95. The van der Waals surface area contributed by atoms with Crippen molar-refractivity contribution in [1.29, 1.82) is 0 Å². The second-order valence-electron chi connectivity index (χ2n) is 3.12. The number of hydrogen-bond acceptors (Lipinski definition) is 3. The van der Waals surface area contributed by atoms with Crippen LogP contribution in [0.4, 0.5) is 0 Å². The van der Waals surface area contributed by atoms with E-state index in [0.29, 0.717) is 4.64 Å². The van der Waals surface area contributed by atoms with Crippen LogP contribution in [-0.2, 0) is 4.79 Å². The molecule has 1 aromatic carbocycles. The van der Waals surface area contributed by atoms with Crippen molar-refractivity contribution in [2.45, 2.75) is 6.92 Å². The minimum Gasteiger partial charge on any atom is -0.336 e. The molecule has 3 nitrogen and oxygen atoms in total. The molecule has 0 saturated heterocycles. The van der Waals surface area contributed by atoms with Crippen LogP contribution in [0.15, 0.2) is 36.5 Å². The zero-order valence-electron chi connectivity index (χ0n) is 8.14. The molecule has 0 bridgehead atoms. The van der Waals surface area contributed by atoms with Gasteiger partial charge in [0.15, 0.2) is 4.64 Å². The summed E-state index contributed by atoms with van der Waals surface area (Å²) in [4.78, 5) is 15.7. The predicted octanol–water partition coefficient (Wildman–Crippen LogP) is 2.35. The molecule has 0 aliphatic rings. The smallest absolute Gasteiger partial charge is 0.329 e. The SMILES string of the molecule is CC(=O)On1ccc2ccccc2c1=S. The van der Waals surface area contributed by atoms with Gasteiger partial charge >= 0.3 is 5.97 Å². The highest BCUT2D eigenvalue weighted by Gasteiger charge is 2.00. The third-order valence-electron chi connectivity index (χ3n) is 2.01. The molecule has 1 aromatic heterocycles. The third-order valence-corrected chi connectivity index (χ3v) is 2.41. The molecule has 0 aliphatic heterocycles. The van der Waals surface area contributed by atoms with Crippen molar-refractivity contribution in [3.05, 3.63) is 41.2 Å². The largest absolute Gasteiger partial charge is 0.336 e. The highest BCUT2D eigenvalue weighted by molar-refractivity contribution is 7.71. The van der Waals surface area contributed by atoms with Crippen molar-refractivity contribution in [3.63, 3.8) is 0 Å². The summed E-state index contributed by atoms with van der Waals surface area (Å²) in [6, 6.07) is 9.55. The zero-order chi connectivity index (χ0) is 10.8. The molecule has 2 aromatic rings. The topological polar surface area (TPSA) is 31.2 Å². The van der Waals surface area contributed by atoms with E-state index in [1.807, 2.05) is 30.3 Å². The fourth-order valence-corrected chi connectivity index (χ4v) is 1.67. The summed E-state index contributed by atoms with van der Waals surface area (Å²) >= 11 is 5.20. The average molecular weight is 219 g/mol. The first-order valence-corrected chi connectivity index (χ1v) is 4.88. The number of rotatable bonds is 1. The molecule has 0 aliphatic carbocycles. The van der Waals surface area contributed by atoms with Crippen LogP contribution in [0.2, 0.25) is 0 Å². The molecule has 0 N–H and O–H groups in total. The fraction of sp³-hybridized carbons (Fsp3) is 0.0909. The van der Waals surface area contributed by atoms with Crippen LogP contribution in [0.25, 0.3) is 10.8 Å². The Balaban J connectivity index is 2.65. The Hall–Kier alpha value is -1.68. The summed E-state index contributed by atoms with van der Waals surface area (Å²) in [7, 11) is 0. The van der Waals surface area contributed by atoms with Crippen molar-refractivity contribution < 1.29 is 9.63 Å². The molecule has 0 radical (unpaired) electrons. The van der Waals surface area contributed by atoms with E-state index in [-0.39, 0.29) is 5.97 Å². The maximum absolute atomic E-state index is 10.8. The van der Waals surface area contributed by atoms with E-state index in [2.05, 4.69) is 0 Å². The predicted molar refractivity (Wildman–Crippen MR) is 60.0 cm³/mol. The molecular weight excluding hydrogens is 210 g/mol. The van der Waals surface area contributed by atoms with Crippen molar-refractivity contribution in [1.82, 2.24) is 4.73 Å². The van der Waals surface area contributed by atoms with E-state index < -0.39 is 0 Å².